The van der Waals surface area contributed by atoms with E-state index in [0.717, 1.165) is 49.7 Å². The van der Waals surface area contributed by atoms with E-state index in [1.165, 1.54) is 0 Å². The lowest BCUT2D eigenvalue weighted by Crippen LogP contribution is -2.46. The highest BCUT2D eigenvalue weighted by Gasteiger charge is 2.16. The topological polar surface area (TPSA) is 56.7 Å². The Morgan fingerprint density at radius 2 is 2.06 bits per heavy atom. The molecule has 1 aromatic rings. The molecule has 0 saturated carbocycles. The smallest absolute Gasteiger partial charge is 0.209 e. The van der Waals surface area contributed by atoms with Gasteiger partial charge in [0.15, 0.2) is 0 Å². The lowest BCUT2D eigenvalue weighted by atomic mass is 10.2. The summed E-state index contributed by atoms with van der Waals surface area (Å²) < 4.78 is 0. The van der Waals surface area contributed by atoms with Gasteiger partial charge in [0.1, 0.15) is 5.82 Å². The number of aryl methyl sites for hydroxylation is 1. The fourth-order valence-electron chi connectivity index (χ4n) is 1.98. The van der Waals surface area contributed by atoms with E-state index in [4.69, 9.17) is 5.11 Å². The van der Waals surface area contributed by atoms with E-state index in [-0.39, 0.29) is 6.61 Å². The molecular formula is C12H17N3O2. The molecule has 5 nitrogen and oxygen atoms in total. The first-order valence-electron chi connectivity index (χ1n) is 5.76. The number of amides is 1. The second kappa shape index (κ2) is 5.14. The molecule has 5 heteroatoms. The molecule has 17 heavy (non-hydrogen) atoms. The van der Waals surface area contributed by atoms with Crippen molar-refractivity contribution in [3.8, 4) is 0 Å². The third-order valence-corrected chi connectivity index (χ3v) is 3.14. The van der Waals surface area contributed by atoms with E-state index in [9.17, 15) is 4.79 Å². The molecule has 0 spiro atoms. The maximum absolute atomic E-state index is 10.6. The van der Waals surface area contributed by atoms with E-state index in [2.05, 4.69) is 9.88 Å². The summed E-state index contributed by atoms with van der Waals surface area (Å²) in [5.74, 6) is 0.922. The number of carbonyl (C=O) groups is 1. The molecule has 92 valence electrons. The summed E-state index contributed by atoms with van der Waals surface area (Å²) in [4.78, 5) is 19.0. The zero-order chi connectivity index (χ0) is 12.3. The van der Waals surface area contributed by atoms with Crippen molar-refractivity contribution in [3.05, 3.63) is 23.4 Å². The summed E-state index contributed by atoms with van der Waals surface area (Å²) in [6.07, 6.45) is 0.894. The van der Waals surface area contributed by atoms with E-state index in [1.807, 2.05) is 19.1 Å². The number of carbonyl (C=O) groups excluding carboxylic acids is 1. The van der Waals surface area contributed by atoms with Crippen LogP contribution in [-0.4, -0.2) is 47.6 Å². The minimum atomic E-state index is 0.0258. The molecule has 0 bridgehead atoms. The van der Waals surface area contributed by atoms with Crippen LogP contribution >= 0.6 is 0 Å². The number of aromatic nitrogens is 1. The van der Waals surface area contributed by atoms with Crippen LogP contribution < -0.4 is 4.90 Å². The van der Waals surface area contributed by atoms with E-state index < -0.39 is 0 Å². The first-order valence-corrected chi connectivity index (χ1v) is 5.76. The summed E-state index contributed by atoms with van der Waals surface area (Å²) in [6.45, 7) is 5.03. The van der Waals surface area contributed by atoms with Crippen molar-refractivity contribution in [3.63, 3.8) is 0 Å². The maximum Gasteiger partial charge on any atom is 0.209 e. The van der Waals surface area contributed by atoms with Gasteiger partial charge in [-0.2, -0.15) is 0 Å². The summed E-state index contributed by atoms with van der Waals surface area (Å²) in [5.41, 5.74) is 1.73. The van der Waals surface area contributed by atoms with Crippen LogP contribution in [0.2, 0.25) is 0 Å². The Balaban J connectivity index is 2.08. The molecule has 1 fully saturated rings. The number of piperazine rings is 1. The van der Waals surface area contributed by atoms with Gasteiger partial charge in [-0.05, 0) is 18.6 Å². The Morgan fingerprint density at radius 1 is 1.35 bits per heavy atom. The normalized spacial score (nSPS) is 16.1. The average Bonchev–Trinajstić information content (AvgIpc) is 2.39. The van der Waals surface area contributed by atoms with Crippen LogP contribution in [0.25, 0.3) is 0 Å². The number of hydrogen-bond donors (Lipinski definition) is 1. The van der Waals surface area contributed by atoms with Gasteiger partial charge in [-0.15, -0.1) is 0 Å². The van der Waals surface area contributed by atoms with Crippen LogP contribution in [0.15, 0.2) is 12.1 Å². The first kappa shape index (κ1) is 11.9. The summed E-state index contributed by atoms with van der Waals surface area (Å²) in [6, 6.07) is 3.83. The highest BCUT2D eigenvalue weighted by Crippen LogP contribution is 2.16. The van der Waals surface area contributed by atoms with Crippen molar-refractivity contribution in [2.45, 2.75) is 13.5 Å². The summed E-state index contributed by atoms with van der Waals surface area (Å²) in [5, 5.41) is 9.09. The zero-order valence-corrected chi connectivity index (χ0v) is 9.96. The van der Waals surface area contributed by atoms with Gasteiger partial charge in [0.2, 0.25) is 6.41 Å². The number of pyridine rings is 1. The third kappa shape index (κ3) is 2.55. The standard InChI is InChI=1S/C12H17N3O2/c1-10-11(8-16)2-3-12(13-10)15-6-4-14(9-17)5-7-15/h2-3,9,16H,4-8H2,1H3. The highest BCUT2D eigenvalue weighted by molar-refractivity contribution is 5.49. The molecule has 1 aromatic heterocycles. The van der Waals surface area contributed by atoms with Crippen molar-refractivity contribution in [2.24, 2.45) is 0 Å². The fraction of sp³-hybridized carbons (Fsp3) is 0.500. The SMILES string of the molecule is Cc1nc(N2CCN(C=O)CC2)ccc1CO. The van der Waals surface area contributed by atoms with Crippen LogP contribution in [0.5, 0.6) is 0 Å². The highest BCUT2D eigenvalue weighted by atomic mass is 16.3. The molecule has 1 N–H and O–H groups in total. The molecule has 1 aliphatic heterocycles. The lowest BCUT2D eigenvalue weighted by Gasteiger charge is -2.33. The van der Waals surface area contributed by atoms with Crippen LogP contribution in [-0.2, 0) is 11.4 Å². The third-order valence-electron chi connectivity index (χ3n) is 3.14. The first-order chi connectivity index (χ1) is 8.24. The van der Waals surface area contributed by atoms with Gasteiger partial charge in [0, 0.05) is 31.9 Å². The number of nitrogens with zero attached hydrogens (tertiary/aromatic N) is 3. The molecular weight excluding hydrogens is 218 g/mol. The van der Waals surface area contributed by atoms with Crippen molar-refractivity contribution in [2.75, 3.05) is 31.1 Å². The molecule has 1 amide bonds. The van der Waals surface area contributed by atoms with E-state index in [0.29, 0.717) is 0 Å². The maximum atomic E-state index is 10.6. The van der Waals surface area contributed by atoms with Gasteiger partial charge in [0.25, 0.3) is 0 Å². The predicted molar refractivity (Wildman–Crippen MR) is 64.7 cm³/mol. The molecule has 0 aliphatic carbocycles. The lowest BCUT2D eigenvalue weighted by molar-refractivity contribution is -0.118. The Kier molecular flexibility index (Phi) is 3.58. The molecule has 0 aromatic carbocycles. The number of anilines is 1. The van der Waals surface area contributed by atoms with Crippen LogP contribution in [0.1, 0.15) is 11.3 Å². The number of aliphatic hydroxyl groups is 1. The number of aliphatic hydroxyl groups excluding tert-OH is 1. The van der Waals surface area contributed by atoms with Crippen LogP contribution in [0.4, 0.5) is 5.82 Å². The van der Waals surface area contributed by atoms with Gasteiger partial charge in [-0.25, -0.2) is 4.98 Å². The Hall–Kier alpha value is -1.62. The van der Waals surface area contributed by atoms with E-state index >= 15 is 0 Å². The van der Waals surface area contributed by atoms with Crippen molar-refractivity contribution in [1.29, 1.82) is 0 Å². The number of hydrogen-bond acceptors (Lipinski definition) is 4. The largest absolute Gasteiger partial charge is 0.392 e. The van der Waals surface area contributed by atoms with Gasteiger partial charge in [-0.3, -0.25) is 4.79 Å². The summed E-state index contributed by atoms with van der Waals surface area (Å²) in [7, 11) is 0. The summed E-state index contributed by atoms with van der Waals surface area (Å²) >= 11 is 0. The van der Waals surface area contributed by atoms with Crippen molar-refractivity contribution in [1.82, 2.24) is 9.88 Å². The van der Waals surface area contributed by atoms with Crippen LogP contribution in [0.3, 0.4) is 0 Å². The number of rotatable bonds is 3. The Morgan fingerprint density at radius 3 is 2.59 bits per heavy atom. The van der Waals surface area contributed by atoms with Gasteiger partial charge in [-0.1, -0.05) is 6.07 Å². The quantitative estimate of drug-likeness (QED) is 0.758. The van der Waals surface area contributed by atoms with Gasteiger partial charge in [0.05, 0.1) is 6.61 Å². The molecule has 0 atom stereocenters. The van der Waals surface area contributed by atoms with Crippen molar-refractivity contribution >= 4 is 12.2 Å². The minimum absolute atomic E-state index is 0.0258. The van der Waals surface area contributed by atoms with E-state index in [1.54, 1.807) is 4.90 Å². The van der Waals surface area contributed by atoms with Crippen molar-refractivity contribution < 1.29 is 9.90 Å². The Labute approximate surface area is 101 Å². The van der Waals surface area contributed by atoms with Crippen LogP contribution in [0, 0.1) is 6.92 Å². The van der Waals surface area contributed by atoms with Gasteiger partial charge >= 0.3 is 0 Å². The van der Waals surface area contributed by atoms with Gasteiger partial charge < -0.3 is 14.9 Å². The molecule has 2 heterocycles. The molecule has 1 aliphatic rings. The molecule has 0 unspecified atom stereocenters. The predicted octanol–water partition coefficient (Wildman–Crippen LogP) is 0.161. The second-order valence-corrected chi connectivity index (χ2v) is 4.20. The Bertz CT molecular complexity index is 401. The fourth-order valence-corrected chi connectivity index (χ4v) is 1.98. The molecule has 2 rings (SSSR count). The molecule has 1 saturated heterocycles. The second-order valence-electron chi connectivity index (χ2n) is 4.20. The monoisotopic (exact) mass is 235 g/mol. The zero-order valence-electron chi connectivity index (χ0n) is 9.96. The average molecular weight is 235 g/mol. The molecule has 0 radical (unpaired) electrons. The minimum Gasteiger partial charge on any atom is -0.392 e.